The maximum Gasteiger partial charge on any atom is 0.272 e. The number of carbonyl (C=O) groups is 1. The number of hydrogen-bond acceptors (Lipinski definition) is 4. The first-order chi connectivity index (χ1) is 13.4. The molecule has 1 saturated heterocycles. The van der Waals surface area contributed by atoms with Gasteiger partial charge in [0.1, 0.15) is 0 Å². The van der Waals surface area contributed by atoms with Crippen LogP contribution in [0.15, 0.2) is 18.2 Å². The van der Waals surface area contributed by atoms with E-state index in [4.69, 9.17) is 0 Å². The third-order valence-electron chi connectivity index (χ3n) is 7.88. The zero-order valence-electron chi connectivity index (χ0n) is 16.6. The van der Waals surface area contributed by atoms with Crippen molar-refractivity contribution < 1.29 is 9.72 Å². The molecule has 5 fully saturated rings. The predicted octanol–water partition coefficient (Wildman–Crippen LogP) is 3.63. The van der Waals surface area contributed by atoms with Crippen molar-refractivity contribution in [3.8, 4) is 0 Å². The maximum absolute atomic E-state index is 12.9. The summed E-state index contributed by atoms with van der Waals surface area (Å²) in [5, 5.41) is 11.0. The summed E-state index contributed by atoms with van der Waals surface area (Å²) in [7, 11) is 0. The molecule has 6 rings (SSSR count). The highest BCUT2D eigenvalue weighted by atomic mass is 16.6. The van der Waals surface area contributed by atoms with E-state index in [1.165, 1.54) is 44.6 Å². The zero-order valence-corrected chi connectivity index (χ0v) is 16.6. The number of amides is 1. The largest absolute Gasteiger partial charge is 0.336 e. The molecule has 0 unspecified atom stereocenters. The third-order valence-corrected chi connectivity index (χ3v) is 7.88. The number of nitro benzene ring substituents is 1. The molecule has 28 heavy (non-hydrogen) atoms. The van der Waals surface area contributed by atoms with Crippen molar-refractivity contribution in [3.05, 3.63) is 39.4 Å². The lowest BCUT2D eigenvalue weighted by atomic mass is 9.52. The monoisotopic (exact) mass is 383 g/mol. The Balaban J connectivity index is 1.26. The van der Waals surface area contributed by atoms with Crippen LogP contribution in [0.5, 0.6) is 0 Å². The SMILES string of the molecule is Cc1cc(C(=O)N2CCN(C34CC5CC(CC(C5)C3)C4)CC2)ccc1[N+](=O)[O-]. The highest BCUT2D eigenvalue weighted by Gasteiger charge is 2.53. The summed E-state index contributed by atoms with van der Waals surface area (Å²) in [5.74, 6) is 2.82. The van der Waals surface area contributed by atoms with Crippen LogP contribution in [-0.4, -0.2) is 52.3 Å². The summed E-state index contributed by atoms with van der Waals surface area (Å²) in [6, 6.07) is 4.71. The van der Waals surface area contributed by atoms with E-state index in [0.29, 0.717) is 16.7 Å². The summed E-state index contributed by atoms with van der Waals surface area (Å²) in [5.41, 5.74) is 1.59. The number of nitro groups is 1. The van der Waals surface area contributed by atoms with Crippen molar-refractivity contribution in [3.63, 3.8) is 0 Å². The first-order valence-corrected chi connectivity index (χ1v) is 10.7. The van der Waals surface area contributed by atoms with Crippen molar-refractivity contribution in [1.82, 2.24) is 9.80 Å². The maximum atomic E-state index is 12.9. The van der Waals surface area contributed by atoms with Crippen LogP contribution in [0.25, 0.3) is 0 Å². The fourth-order valence-corrected chi connectivity index (χ4v) is 7.01. The number of hydrogen-bond donors (Lipinski definition) is 0. The lowest BCUT2D eigenvalue weighted by Gasteiger charge is -2.61. The van der Waals surface area contributed by atoms with Gasteiger partial charge < -0.3 is 4.90 Å². The highest BCUT2D eigenvalue weighted by Crippen LogP contribution is 2.57. The molecule has 6 nitrogen and oxygen atoms in total. The van der Waals surface area contributed by atoms with Crippen LogP contribution < -0.4 is 0 Å². The second-order valence-corrected chi connectivity index (χ2v) is 9.68. The Kier molecular flexibility index (Phi) is 4.23. The second kappa shape index (κ2) is 6.55. The molecule has 4 bridgehead atoms. The highest BCUT2D eigenvalue weighted by molar-refractivity contribution is 5.94. The van der Waals surface area contributed by atoms with E-state index >= 15 is 0 Å². The van der Waals surface area contributed by atoms with E-state index in [-0.39, 0.29) is 11.6 Å². The van der Waals surface area contributed by atoms with Crippen molar-refractivity contribution in [2.24, 2.45) is 17.8 Å². The van der Waals surface area contributed by atoms with Crippen molar-refractivity contribution >= 4 is 11.6 Å². The van der Waals surface area contributed by atoms with E-state index in [1.54, 1.807) is 19.1 Å². The average molecular weight is 383 g/mol. The van der Waals surface area contributed by atoms with Gasteiger partial charge in [-0.05, 0) is 75.3 Å². The minimum atomic E-state index is -0.395. The first-order valence-electron chi connectivity index (χ1n) is 10.7. The quantitative estimate of drug-likeness (QED) is 0.590. The van der Waals surface area contributed by atoms with E-state index in [0.717, 1.165) is 43.9 Å². The summed E-state index contributed by atoms with van der Waals surface area (Å²) >= 11 is 0. The molecule has 150 valence electrons. The van der Waals surface area contributed by atoms with Gasteiger partial charge in [-0.3, -0.25) is 19.8 Å². The molecule has 1 amide bonds. The van der Waals surface area contributed by atoms with Crippen LogP contribution in [0, 0.1) is 34.8 Å². The molecule has 0 spiro atoms. The molecule has 0 N–H and O–H groups in total. The Hall–Kier alpha value is -1.95. The molecular formula is C22H29N3O3. The fraction of sp³-hybridized carbons (Fsp3) is 0.682. The molecule has 1 aliphatic heterocycles. The lowest BCUT2D eigenvalue weighted by Crippen LogP contribution is -2.64. The average Bonchev–Trinajstić information content (AvgIpc) is 2.66. The third kappa shape index (κ3) is 2.93. The lowest BCUT2D eigenvalue weighted by molar-refractivity contribution is -0.385. The Morgan fingerprint density at radius 2 is 1.61 bits per heavy atom. The minimum Gasteiger partial charge on any atom is -0.336 e. The van der Waals surface area contributed by atoms with Crippen molar-refractivity contribution in [2.75, 3.05) is 26.2 Å². The molecular weight excluding hydrogens is 354 g/mol. The summed E-state index contributed by atoms with van der Waals surface area (Å²) in [6.07, 6.45) is 8.48. The number of piperazine rings is 1. The summed E-state index contributed by atoms with van der Waals surface area (Å²) in [4.78, 5) is 28.2. The van der Waals surface area contributed by atoms with Gasteiger partial charge in [0.05, 0.1) is 4.92 Å². The number of aryl methyl sites for hydroxylation is 1. The van der Waals surface area contributed by atoms with Gasteiger partial charge in [-0.15, -0.1) is 0 Å². The van der Waals surface area contributed by atoms with Gasteiger partial charge in [-0.25, -0.2) is 0 Å². The number of nitrogens with zero attached hydrogens (tertiary/aromatic N) is 3. The van der Waals surface area contributed by atoms with Crippen LogP contribution in [0.3, 0.4) is 0 Å². The second-order valence-electron chi connectivity index (χ2n) is 9.68. The molecule has 5 aliphatic rings. The van der Waals surface area contributed by atoms with Crippen LogP contribution >= 0.6 is 0 Å². The number of rotatable bonds is 3. The molecule has 4 saturated carbocycles. The van der Waals surface area contributed by atoms with Gasteiger partial charge >= 0.3 is 0 Å². The molecule has 0 atom stereocenters. The first kappa shape index (κ1) is 18.1. The Labute approximate surface area is 166 Å². The number of carbonyl (C=O) groups excluding carboxylic acids is 1. The zero-order chi connectivity index (χ0) is 19.5. The Morgan fingerprint density at radius 3 is 2.11 bits per heavy atom. The number of benzene rings is 1. The van der Waals surface area contributed by atoms with Gasteiger partial charge in [0.25, 0.3) is 11.6 Å². The predicted molar refractivity (Wildman–Crippen MR) is 106 cm³/mol. The van der Waals surface area contributed by atoms with Crippen molar-refractivity contribution in [2.45, 2.75) is 51.0 Å². The smallest absolute Gasteiger partial charge is 0.272 e. The molecule has 4 aliphatic carbocycles. The van der Waals surface area contributed by atoms with Gasteiger partial charge in [0, 0.05) is 48.9 Å². The topological polar surface area (TPSA) is 66.7 Å². The van der Waals surface area contributed by atoms with E-state index in [1.807, 2.05) is 4.90 Å². The summed E-state index contributed by atoms with van der Waals surface area (Å²) in [6.45, 7) is 5.14. The van der Waals surface area contributed by atoms with E-state index in [2.05, 4.69) is 4.90 Å². The normalized spacial score (nSPS) is 34.6. The van der Waals surface area contributed by atoms with Crippen LogP contribution in [0.1, 0.15) is 54.4 Å². The standard InChI is InChI=1S/C22H29N3O3/c1-15-8-19(2-3-20(15)25(27)28)21(26)23-4-6-24(7-5-23)22-12-16-9-17(13-22)11-18(10-16)14-22/h2-3,8,16-18H,4-7,9-14H2,1H3. The van der Waals surface area contributed by atoms with Gasteiger partial charge in [-0.2, -0.15) is 0 Å². The van der Waals surface area contributed by atoms with Crippen LogP contribution in [-0.2, 0) is 0 Å². The van der Waals surface area contributed by atoms with Crippen LogP contribution in [0.2, 0.25) is 0 Å². The Bertz CT molecular complexity index is 778. The van der Waals surface area contributed by atoms with Crippen molar-refractivity contribution in [1.29, 1.82) is 0 Å². The minimum absolute atomic E-state index is 0.00293. The molecule has 1 aromatic carbocycles. The van der Waals surface area contributed by atoms with E-state index < -0.39 is 4.92 Å². The molecule has 6 heteroatoms. The molecule has 1 aromatic rings. The molecule has 1 heterocycles. The van der Waals surface area contributed by atoms with E-state index in [9.17, 15) is 14.9 Å². The van der Waals surface area contributed by atoms with Gasteiger partial charge in [-0.1, -0.05) is 0 Å². The summed E-state index contributed by atoms with van der Waals surface area (Å²) < 4.78 is 0. The Morgan fingerprint density at radius 1 is 1.04 bits per heavy atom. The fourth-order valence-electron chi connectivity index (χ4n) is 7.01. The van der Waals surface area contributed by atoms with Crippen LogP contribution in [0.4, 0.5) is 5.69 Å². The van der Waals surface area contributed by atoms with Gasteiger partial charge in [0.2, 0.25) is 0 Å². The van der Waals surface area contributed by atoms with Gasteiger partial charge in [0.15, 0.2) is 0 Å². The molecule has 0 radical (unpaired) electrons. The molecule has 0 aromatic heterocycles.